The molecule has 8 heteroatoms. The lowest BCUT2D eigenvalue weighted by atomic mass is 10.1. The lowest BCUT2D eigenvalue weighted by Gasteiger charge is -2.16. The minimum atomic E-state index is -3.71. The lowest BCUT2D eigenvalue weighted by Crippen LogP contribution is -2.27. The second-order valence-corrected chi connectivity index (χ2v) is 8.12. The van der Waals surface area contributed by atoms with E-state index in [1.54, 1.807) is 6.07 Å². The average molecular weight is 379 g/mol. The number of ether oxygens (including phenoxy) is 2. The second-order valence-electron chi connectivity index (χ2n) is 6.40. The summed E-state index contributed by atoms with van der Waals surface area (Å²) in [6.07, 6.45) is 0.770. The Labute approximate surface area is 154 Å². The van der Waals surface area contributed by atoms with Crippen molar-refractivity contribution in [3.05, 3.63) is 35.2 Å². The fourth-order valence-corrected chi connectivity index (χ4v) is 4.54. The van der Waals surface area contributed by atoms with Crippen LogP contribution in [0.5, 0.6) is 11.5 Å². The van der Waals surface area contributed by atoms with E-state index >= 15 is 0 Å². The first-order valence-corrected chi connectivity index (χ1v) is 10.3. The maximum atomic E-state index is 12.9. The molecule has 3 rings (SSSR count). The molecule has 2 heterocycles. The van der Waals surface area contributed by atoms with Crippen LogP contribution in [-0.4, -0.2) is 31.4 Å². The van der Waals surface area contributed by atoms with E-state index in [1.165, 1.54) is 12.1 Å². The summed E-state index contributed by atoms with van der Waals surface area (Å²) in [6.45, 7) is 9.51. The van der Waals surface area contributed by atoms with Crippen LogP contribution in [0.2, 0.25) is 0 Å². The van der Waals surface area contributed by atoms with Crippen molar-refractivity contribution in [2.24, 2.45) is 0 Å². The van der Waals surface area contributed by atoms with Gasteiger partial charge in [0.15, 0.2) is 11.5 Å². The summed E-state index contributed by atoms with van der Waals surface area (Å²) in [5, 5.41) is 4.47. The van der Waals surface area contributed by atoms with Crippen molar-refractivity contribution in [2.45, 2.75) is 51.6 Å². The monoisotopic (exact) mass is 379 g/mol. The van der Waals surface area contributed by atoms with Crippen LogP contribution in [0.15, 0.2) is 23.1 Å². The fraction of sp³-hybridized carbons (Fsp3) is 0.500. The molecule has 0 bridgehead atoms. The summed E-state index contributed by atoms with van der Waals surface area (Å²) in [7, 11) is -3.71. The molecule has 0 saturated carbocycles. The van der Waals surface area contributed by atoms with E-state index in [2.05, 4.69) is 9.82 Å². The van der Waals surface area contributed by atoms with Gasteiger partial charge in [-0.25, -0.2) is 13.1 Å². The van der Waals surface area contributed by atoms with Crippen molar-refractivity contribution >= 4 is 10.0 Å². The average Bonchev–Trinajstić information content (AvgIpc) is 2.75. The van der Waals surface area contributed by atoms with Gasteiger partial charge in [0.1, 0.15) is 0 Å². The highest BCUT2D eigenvalue weighted by Gasteiger charge is 2.24. The number of nitrogens with zero attached hydrogens (tertiary/aromatic N) is 2. The smallest absolute Gasteiger partial charge is 0.241 e. The van der Waals surface area contributed by atoms with Crippen LogP contribution in [0.3, 0.4) is 0 Å². The molecule has 0 amide bonds. The van der Waals surface area contributed by atoms with Crippen LogP contribution < -0.4 is 14.2 Å². The number of hydrogen-bond donors (Lipinski definition) is 1. The van der Waals surface area contributed by atoms with Crippen LogP contribution in [0.1, 0.15) is 43.3 Å². The Morgan fingerprint density at radius 3 is 2.58 bits per heavy atom. The maximum absolute atomic E-state index is 12.9. The first kappa shape index (κ1) is 18.7. The van der Waals surface area contributed by atoms with E-state index in [4.69, 9.17) is 9.47 Å². The van der Waals surface area contributed by atoms with E-state index in [-0.39, 0.29) is 4.90 Å². The molecule has 142 valence electrons. The SMILES string of the molecule is CCn1nc(C)c([C@@H](C)NS(=O)(=O)c2ccc3c(c2)OCCCO3)c1C. The van der Waals surface area contributed by atoms with Gasteiger partial charge in [-0.2, -0.15) is 5.10 Å². The summed E-state index contributed by atoms with van der Waals surface area (Å²) in [5.41, 5.74) is 2.71. The third kappa shape index (κ3) is 3.57. The molecule has 0 unspecified atom stereocenters. The zero-order valence-corrected chi connectivity index (χ0v) is 16.4. The first-order valence-electron chi connectivity index (χ1n) is 8.79. The van der Waals surface area contributed by atoms with Gasteiger partial charge in [0.25, 0.3) is 0 Å². The Morgan fingerprint density at radius 2 is 1.92 bits per heavy atom. The molecule has 0 spiro atoms. The number of sulfonamides is 1. The molecule has 0 saturated heterocycles. The van der Waals surface area contributed by atoms with E-state index in [9.17, 15) is 8.42 Å². The Morgan fingerprint density at radius 1 is 1.23 bits per heavy atom. The van der Waals surface area contributed by atoms with Crippen molar-refractivity contribution in [1.29, 1.82) is 0 Å². The molecule has 1 aromatic carbocycles. The lowest BCUT2D eigenvalue weighted by molar-refractivity contribution is 0.297. The van der Waals surface area contributed by atoms with Gasteiger partial charge >= 0.3 is 0 Å². The number of rotatable bonds is 5. The summed E-state index contributed by atoms with van der Waals surface area (Å²) in [6, 6.07) is 4.31. The third-order valence-corrected chi connectivity index (χ3v) is 6.07. The predicted molar refractivity (Wildman–Crippen MR) is 98.2 cm³/mol. The zero-order chi connectivity index (χ0) is 18.9. The number of hydrogen-bond acceptors (Lipinski definition) is 5. The minimum absolute atomic E-state index is 0.159. The molecule has 1 atom stereocenters. The van der Waals surface area contributed by atoms with Gasteiger partial charge < -0.3 is 9.47 Å². The molecule has 0 fully saturated rings. The quantitative estimate of drug-likeness (QED) is 0.864. The van der Waals surface area contributed by atoms with Crippen LogP contribution in [-0.2, 0) is 16.6 Å². The summed E-state index contributed by atoms with van der Waals surface area (Å²) in [5.74, 6) is 1.04. The van der Waals surface area contributed by atoms with E-state index in [0.29, 0.717) is 24.7 Å². The Bertz CT molecular complexity index is 905. The Kier molecular flexibility index (Phi) is 5.24. The Balaban J connectivity index is 1.87. The van der Waals surface area contributed by atoms with Crippen LogP contribution >= 0.6 is 0 Å². The summed E-state index contributed by atoms with van der Waals surface area (Å²) in [4.78, 5) is 0.159. The highest BCUT2D eigenvalue weighted by Crippen LogP contribution is 2.32. The topological polar surface area (TPSA) is 82.5 Å². The van der Waals surface area contributed by atoms with Gasteiger partial charge in [-0.15, -0.1) is 0 Å². The minimum Gasteiger partial charge on any atom is -0.490 e. The van der Waals surface area contributed by atoms with Crippen LogP contribution in [0.4, 0.5) is 0 Å². The number of aromatic nitrogens is 2. The molecule has 2 aromatic rings. The van der Waals surface area contributed by atoms with Gasteiger partial charge in [-0.3, -0.25) is 4.68 Å². The van der Waals surface area contributed by atoms with Gasteiger partial charge in [-0.05, 0) is 39.8 Å². The van der Waals surface area contributed by atoms with Gasteiger partial charge in [-0.1, -0.05) is 0 Å². The molecular weight excluding hydrogens is 354 g/mol. The first-order chi connectivity index (χ1) is 12.3. The summed E-state index contributed by atoms with van der Waals surface area (Å²) >= 11 is 0. The Hall–Kier alpha value is -2.06. The van der Waals surface area contributed by atoms with Crippen molar-refractivity contribution in [2.75, 3.05) is 13.2 Å². The van der Waals surface area contributed by atoms with Crippen LogP contribution in [0.25, 0.3) is 0 Å². The molecule has 0 radical (unpaired) electrons. The van der Waals surface area contributed by atoms with Crippen LogP contribution in [0, 0.1) is 13.8 Å². The summed E-state index contributed by atoms with van der Waals surface area (Å²) < 4.78 is 41.5. The maximum Gasteiger partial charge on any atom is 0.241 e. The van der Waals surface area contributed by atoms with Gasteiger partial charge in [0.05, 0.1) is 23.8 Å². The number of fused-ring (bicyclic) bond motifs is 1. The van der Waals surface area contributed by atoms with Gasteiger partial charge in [0.2, 0.25) is 10.0 Å². The standard InChI is InChI=1S/C18H25N3O4S/c1-5-21-14(4)18(12(2)19-21)13(3)20-26(22,23)15-7-8-16-17(11-15)25-10-6-9-24-16/h7-8,11,13,20H,5-6,9-10H2,1-4H3/t13-/m1/s1. The number of nitrogens with one attached hydrogen (secondary N) is 1. The molecule has 1 aliphatic rings. The fourth-order valence-electron chi connectivity index (χ4n) is 3.32. The van der Waals surface area contributed by atoms with E-state index in [1.807, 2.05) is 32.4 Å². The number of aryl methyl sites for hydroxylation is 2. The van der Waals surface area contributed by atoms with Gasteiger partial charge in [0, 0.05) is 36.3 Å². The molecule has 1 aliphatic heterocycles. The molecular formula is C18H25N3O4S. The normalized spacial score (nSPS) is 15.5. The largest absolute Gasteiger partial charge is 0.490 e. The highest BCUT2D eigenvalue weighted by molar-refractivity contribution is 7.89. The second kappa shape index (κ2) is 7.28. The molecule has 1 aromatic heterocycles. The van der Waals surface area contributed by atoms with Crippen molar-refractivity contribution in [3.8, 4) is 11.5 Å². The predicted octanol–water partition coefficient (Wildman–Crippen LogP) is 2.72. The molecule has 1 N–H and O–H groups in total. The highest BCUT2D eigenvalue weighted by atomic mass is 32.2. The molecule has 7 nitrogen and oxygen atoms in total. The molecule has 0 aliphatic carbocycles. The van der Waals surface area contributed by atoms with Crippen molar-refractivity contribution in [1.82, 2.24) is 14.5 Å². The van der Waals surface area contributed by atoms with E-state index in [0.717, 1.165) is 29.9 Å². The molecule has 26 heavy (non-hydrogen) atoms. The van der Waals surface area contributed by atoms with E-state index < -0.39 is 16.1 Å². The van der Waals surface area contributed by atoms with Crippen molar-refractivity contribution in [3.63, 3.8) is 0 Å². The zero-order valence-electron chi connectivity index (χ0n) is 15.6. The third-order valence-electron chi connectivity index (χ3n) is 4.53. The number of benzene rings is 1. The van der Waals surface area contributed by atoms with Crippen molar-refractivity contribution < 1.29 is 17.9 Å².